The van der Waals surface area contributed by atoms with Gasteiger partial charge in [0, 0.05) is 18.5 Å². The summed E-state index contributed by atoms with van der Waals surface area (Å²) < 4.78 is 3.17. The van der Waals surface area contributed by atoms with Crippen LogP contribution in [0.2, 0.25) is 0 Å². The van der Waals surface area contributed by atoms with Crippen LogP contribution in [0.15, 0.2) is 18.5 Å². The number of nitrogens with two attached hydrogens (primary N) is 3. The van der Waals surface area contributed by atoms with Crippen molar-refractivity contribution < 1.29 is 0 Å². The molecule has 0 aliphatic carbocycles. The molecule has 0 aromatic carbocycles. The second-order valence-electron chi connectivity index (χ2n) is 2.42. The first kappa shape index (κ1) is 5.96. The Bertz CT molecular complexity index is 396. The molecule has 0 saturated heterocycles. The van der Waals surface area contributed by atoms with Crippen molar-refractivity contribution in [3.8, 4) is 0 Å². The Balaban J connectivity index is 2.98. The van der Waals surface area contributed by atoms with Gasteiger partial charge in [-0.25, -0.2) is 0 Å². The number of hydrogen-bond donors (Lipinski definition) is 3. The number of aromatic nitrogens is 2. The van der Waals surface area contributed by atoms with Crippen LogP contribution in [0.5, 0.6) is 0 Å². The van der Waals surface area contributed by atoms with Crippen LogP contribution in [0, 0.1) is 0 Å². The van der Waals surface area contributed by atoms with Crippen LogP contribution in [-0.4, -0.2) is 9.08 Å². The van der Waals surface area contributed by atoms with Crippen molar-refractivity contribution in [2.75, 3.05) is 17.3 Å². The first-order valence-corrected chi connectivity index (χ1v) is 3.18. The van der Waals surface area contributed by atoms with E-state index in [-0.39, 0.29) is 0 Å². The zero-order valence-electron chi connectivity index (χ0n) is 5.86. The highest BCUT2D eigenvalue weighted by Gasteiger charge is 2.05. The second-order valence-corrected chi connectivity index (χ2v) is 2.42. The average Bonchev–Trinajstić information content (AvgIpc) is 2.41. The molecular weight excluding hydrogens is 142 g/mol. The molecule has 2 rings (SSSR count). The molecule has 0 amide bonds. The van der Waals surface area contributed by atoms with Gasteiger partial charge < -0.3 is 17.3 Å². The van der Waals surface area contributed by atoms with Gasteiger partial charge in [-0.05, 0) is 0 Å². The minimum Gasteiger partial charge on any atom is -0.396 e. The maximum Gasteiger partial charge on any atom is 0.160 e. The molecule has 0 unspecified atom stereocenters. The van der Waals surface area contributed by atoms with E-state index in [1.807, 2.05) is 0 Å². The normalized spacial score (nSPS) is 10.9. The van der Waals surface area contributed by atoms with Crippen molar-refractivity contribution in [1.29, 1.82) is 0 Å². The molecule has 0 bridgehead atoms. The van der Waals surface area contributed by atoms with Crippen molar-refractivity contribution in [1.82, 2.24) is 9.08 Å². The fourth-order valence-corrected chi connectivity index (χ4v) is 1.19. The van der Waals surface area contributed by atoms with Gasteiger partial charge in [0.1, 0.15) is 5.82 Å². The van der Waals surface area contributed by atoms with E-state index < -0.39 is 0 Å². The van der Waals surface area contributed by atoms with Crippen LogP contribution >= 0.6 is 0 Å². The largest absolute Gasteiger partial charge is 0.396 e. The fourth-order valence-electron chi connectivity index (χ4n) is 1.19. The number of anilines is 2. The molecule has 0 aliphatic rings. The van der Waals surface area contributed by atoms with E-state index >= 15 is 0 Å². The Morgan fingerprint density at radius 2 is 1.91 bits per heavy atom. The summed E-state index contributed by atoms with van der Waals surface area (Å²) in [6, 6.07) is 1.68. The quantitative estimate of drug-likeness (QED) is 0.448. The Hall–Kier alpha value is -1.78. The van der Waals surface area contributed by atoms with E-state index in [0.717, 1.165) is 5.65 Å². The Kier molecular flexibility index (Phi) is 0.883. The highest BCUT2D eigenvalue weighted by Crippen LogP contribution is 2.19. The molecule has 5 nitrogen and oxygen atoms in total. The van der Waals surface area contributed by atoms with Crippen LogP contribution in [-0.2, 0) is 0 Å². The molecule has 0 radical (unpaired) electrons. The smallest absolute Gasteiger partial charge is 0.160 e. The Morgan fingerprint density at radius 1 is 1.18 bits per heavy atom. The third kappa shape index (κ3) is 0.590. The van der Waals surface area contributed by atoms with Gasteiger partial charge in [0.15, 0.2) is 5.65 Å². The molecular formula is C6H9N5. The van der Waals surface area contributed by atoms with Crippen LogP contribution < -0.4 is 17.3 Å². The van der Waals surface area contributed by atoms with E-state index in [9.17, 15) is 0 Å². The van der Waals surface area contributed by atoms with Crippen LogP contribution in [0.4, 0.5) is 11.5 Å². The van der Waals surface area contributed by atoms with E-state index in [0.29, 0.717) is 11.5 Å². The lowest BCUT2D eigenvalue weighted by atomic mass is 10.5. The number of rotatable bonds is 0. The topological polar surface area (TPSA) is 87.4 Å². The van der Waals surface area contributed by atoms with Gasteiger partial charge >= 0.3 is 0 Å². The number of nitrogens with zero attached hydrogens (tertiary/aromatic N) is 2. The lowest BCUT2D eigenvalue weighted by Gasteiger charge is -1.92. The predicted molar refractivity (Wildman–Crippen MR) is 44.4 cm³/mol. The summed E-state index contributed by atoms with van der Waals surface area (Å²) in [6.07, 6.45) is 3.46. The molecule has 2 aromatic heterocycles. The number of imidazole rings is 1. The van der Waals surface area contributed by atoms with E-state index in [1.54, 1.807) is 22.9 Å². The van der Waals surface area contributed by atoms with Crippen molar-refractivity contribution in [3.63, 3.8) is 0 Å². The molecule has 2 heterocycles. The molecule has 5 heteroatoms. The summed E-state index contributed by atoms with van der Waals surface area (Å²) in [4.78, 5) is 0. The van der Waals surface area contributed by atoms with Crippen molar-refractivity contribution >= 4 is 17.2 Å². The lowest BCUT2D eigenvalue weighted by Crippen LogP contribution is -2.06. The molecule has 0 spiro atoms. The highest BCUT2D eigenvalue weighted by molar-refractivity contribution is 5.72. The molecule has 58 valence electrons. The summed E-state index contributed by atoms with van der Waals surface area (Å²) >= 11 is 0. The van der Waals surface area contributed by atoms with Gasteiger partial charge in [-0.1, -0.05) is 0 Å². The maximum absolute atomic E-state index is 5.62. The van der Waals surface area contributed by atoms with Crippen LogP contribution in [0.25, 0.3) is 5.65 Å². The van der Waals surface area contributed by atoms with Gasteiger partial charge in [-0.15, -0.1) is 0 Å². The molecule has 2 aromatic rings. The van der Waals surface area contributed by atoms with E-state index in [2.05, 4.69) is 0 Å². The minimum absolute atomic E-state index is 0.593. The fraction of sp³-hybridized carbons (Fsp3) is 0. The summed E-state index contributed by atoms with van der Waals surface area (Å²) in [6.45, 7) is 0. The summed E-state index contributed by atoms with van der Waals surface area (Å²) in [5.41, 5.74) is 12.5. The average molecular weight is 151 g/mol. The van der Waals surface area contributed by atoms with Gasteiger partial charge in [0.05, 0.1) is 5.69 Å². The molecule has 0 atom stereocenters. The Labute approximate surface area is 63.0 Å². The summed E-state index contributed by atoms with van der Waals surface area (Å²) in [7, 11) is 0. The third-order valence-electron chi connectivity index (χ3n) is 1.69. The number of fused-ring (bicyclic) bond motifs is 1. The minimum atomic E-state index is 0.593. The van der Waals surface area contributed by atoms with Gasteiger partial charge in [0.25, 0.3) is 0 Å². The summed E-state index contributed by atoms with van der Waals surface area (Å²) in [5, 5.41) is 0. The highest BCUT2D eigenvalue weighted by atomic mass is 15.3. The maximum atomic E-state index is 5.62. The first-order chi connectivity index (χ1) is 5.20. The number of nitrogen functional groups attached to an aromatic ring is 3. The molecule has 11 heavy (non-hydrogen) atoms. The monoisotopic (exact) mass is 151 g/mol. The van der Waals surface area contributed by atoms with Crippen molar-refractivity contribution in [3.05, 3.63) is 18.5 Å². The van der Waals surface area contributed by atoms with Crippen molar-refractivity contribution in [2.24, 2.45) is 0 Å². The van der Waals surface area contributed by atoms with E-state index in [1.165, 1.54) is 4.68 Å². The van der Waals surface area contributed by atoms with Gasteiger partial charge in [0.2, 0.25) is 0 Å². The second kappa shape index (κ2) is 1.63. The zero-order chi connectivity index (χ0) is 8.01. The Morgan fingerprint density at radius 3 is 2.55 bits per heavy atom. The SMILES string of the molecule is Nc1cc(N)n2ccn(N)c12. The third-order valence-corrected chi connectivity index (χ3v) is 1.69. The zero-order valence-corrected chi connectivity index (χ0v) is 5.86. The standard InChI is InChI=1S/C6H9N5/c7-4-3-5(8)10-1-2-11(9)6(4)10/h1-3H,7-9H2. The van der Waals surface area contributed by atoms with Gasteiger partial charge in [-0.2, -0.15) is 0 Å². The summed E-state index contributed by atoms with van der Waals surface area (Å²) in [5.74, 6) is 6.15. The molecule has 0 fully saturated rings. The lowest BCUT2D eigenvalue weighted by molar-refractivity contribution is 1.05. The predicted octanol–water partition coefficient (Wildman–Crippen LogP) is -0.381. The molecule has 0 saturated carbocycles. The molecule has 0 aliphatic heterocycles. The first-order valence-electron chi connectivity index (χ1n) is 3.18. The molecule has 6 N–H and O–H groups in total. The van der Waals surface area contributed by atoms with Crippen LogP contribution in [0.1, 0.15) is 0 Å². The van der Waals surface area contributed by atoms with E-state index in [4.69, 9.17) is 17.3 Å². The number of hydrogen-bond acceptors (Lipinski definition) is 3. The van der Waals surface area contributed by atoms with Crippen molar-refractivity contribution in [2.45, 2.75) is 0 Å². The van der Waals surface area contributed by atoms with Gasteiger partial charge in [-0.3, -0.25) is 9.08 Å². The van der Waals surface area contributed by atoms with Crippen LogP contribution in [0.3, 0.4) is 0 Å².